The number of hydrogen-bond donors (Lipinski definition) is 1. The van der Waals surface area contributed by atoms with Crippen LogP contribution in [-0.2, 0) is 12.4 Å². The molecule has 0 saturated heterocycles. The van der Waals surface area contributed by atoms with Gasteiger partial charge in [-0.15, -0.1) is 0 Å². The molecule has 1 N–H and O–H groups in total. The molecule has 36 heavy (non-hydrogen) atoms. The fraction of sp³-hybridized carbons (Fsp3) is 0.208. The summed E-state index contributed by atoms with van der Waals surface area (Å²) in [6.07, 6.45) is -7.56. The number of hydrogen-bond acceptors (Lipinski definition) is 3. The molecule has 0 spiro atoms. The van der Waals surface area contributed by atoms with E-state index in [1.807, 2.05) is 30.2 Å². The molecule has 0 atom stereocenters. The van der Waals surface area contributed by atoms with Crippen molar-refractivity contribution in [3.63, 3.8) is 0 Å². The van der Waals surface area contributed by atoms with Crippen molar-refractivity contribution >= 4 is 40.6 Å². The van der Waals surface area contributed by atoms with Crippen molar-refractivity contribution in [2.75, 3.05) is 0 Å². The van der Waals surface area contributed by atoms with Crippen molar-refractivity contribution in [1.82, 2.24) is 24.7 Å². The number of benzene rings is 2. The van der Waals surface area contributed by atoms with Gasteiger partial charge in [0.25, 0.3) is 0 Å². The van der Waals surface area contributed by atoms with E-state index in [4.69, 9.17) is 0 Å². The summed E-state index contributed by atoms with van der Waals surface area (Å²) in [7, 11) is -2.86. The van der Waals surface area contributed by atoms with E-state index in [-0.39, 0.29) is 5.32 Å². The van der Waals surface area contributed by atoms with E-state index in [9.17, 15) is 26.3 Å². The highest BCUT2D eigenvalue weighted by atomic mass is 28.3. The number of aryl methyl sites for hydroxylation is 1. The lowest BCUT2D eigenvalue weighted by Crippen LogP contribution is -2.56. The number of nitrogens with zero attached hydrogens (tertiary/aromatic N) is 4. The van der Waals surface area contributed by atoms with Gasteiger partial charge in [0, 0.05) is 17.0 Å². The summed E-state index contributed by atoms with van der Waals surface area (Å²) in [6, 6.07) is 11.6. The van der Waals surface area contributed by atoms with E-state index in [1.165, 1.54) is 12.3 Å². The number of fused-ring (bicyclic) bond motifs is 3. The van der Waals surface area contributed by atoms with Gasteiger partial charge < -0.3 is 0 Å². The van der Waals surface area contributed by atoms with Crippen molar-refractivity contribution in [2.24, 2.45) is 0 Å². The van der Waals surface area contributed by atoms with Crippen molar-refractivity contribution in [2.45, 2.75) is 32.4 Å². The third kappa shape index (κ3) is 3.94. The molecule has 0 unspecified atom stereocenters. The summed E-state index contributed by atoms with van der Waals surface area (Å²) in [5.41, 5.74) is 0.688. The molecular formula is C24H19F6N5Si. The predicted octanol–water partition coefficient (Wildman–Crippen LogP) is 5.47. The summed E-state index contributed by atoms with van der Waals surface area (Å²) < 4.78 is 81.4. The number of H-pyrrole nitrogens is 1. The van der Waals surface area contributed by atoms with Gasteiger partial charge in [-0.1, -0.05) is 24.7 Å². The second-order valence-electron chi connectivity index (χ2n) is 9.11. The molecule has 186 valence electrons. The van der Waals surface area contributed by atoms with Crippen molar-refractivity contribution in [3.8, 4) is 5.82 Å². The molecule has 5 nitrogen and oxygen atoms in total. The maximum Gasteiger partial charge on any atom is 0.432 e. The zero-order valence-corrected chi connectivity index (χ0v) is 20.3. The molecule has 0 saturated carbocycles. The summed E-state index contributed by atoms with van der Waals surface area (Å²) >= 11 is 0. The Hall–Kier alpha value is -3.67. The van der Waals surface area contributed by atoms with Crippen LogP contribution in [0.2, 0.25) is 13.1 Å². The Morgan fingerprint density at radius 3 is 2.14 bits per heavy atom. The second kappa shape index (κ2) is 7.92. The van der Waals surface area contributed by atoms with Crippen LogP contribution < -0.4 is 10.8 Å². The van der Waals surface area contributed by atoms with Gasteiger partial charge in [-0.05, 0) is 49.4 Å². The largest absolute Gasteiger partial charge is 0.432 e. The lowest BCUT2D eigenvalue weighted by Gasteiger charge is -2.19. The fourth-order valence-electron chi connectivity index (χ4n) is 4.24. The molecule has 5 aromatic rings. The maximum absolute atomic E-state index is 13.4. The topological polar surface area (TPSA) is 59.4 Å². The normalized spacial score (nSPS) is 13.1. The lowest BCUT2D eigenvalue weighted by atomic mass is 10.1. The lowest BCUT2D eigenvalue weighted by molar-refractivity contribution is -0.141. The number of alkyl halides is 6. The van der Waals surface area contributed by atoms with Crippen LogP contribution in [0.5, 0.6) is 0 Å². The Bertz CT molecular complexity index is 1610. The van der Waals surface area contributed by atoms with Crippen LogP contribution in [0.15, 0.2) is 54.7 Å². The maximum atomic E-state index is 13.4. The summed E-state index contributed by atoms with van der Waals surface area (Å²) in [5, 5.41) is 7.22. The van der Waals surface area contributed by atoms with Crippen LogP contribution in [0.4, 0.5) is 26.3 Å². The standard InChI is InChI=1S/C24H19F6N5Si/c1-13-4-6-17-15(10-13)16-11-14(23(25,26)27)5-7-18(16)35(17)20-8-9-31-22(32-20)36(2,3)21-12-19(33-34-21)24(28,29)30/h4-12H,1-3H3,(H,33,34). The molecule has 0 aliphatic heterocycles. The van der Waals surface area contributed by atoms with Crippen molar-refractivity contribution in [1.29, 1.82) is 0 Å². The number of rotatable bonds is 3. The first kappa shape index (κ1) is 24.0. The first-order chi connectivity index (χ1) is 16.8. The molecule has 0 aliphatic carbocycles. The highest BCUT2D eigenvalue weighted by Crippen LogP contribution is 2.37. The zero-order chi connectivity index (χ0) is 26.0. The summed E-state index contributed by atoms with van der Waals surface area (Å²) in [6.45, 7) is 5.42. The van der Waals surface area contributed by atoms with E-state index in [0.717, 1.165) is 23.8 Å². The van der Waals surface area contributed by atoms with Gasteiger partial charge in [0.05, 0.1) is 21.9 Å². The average Bonchev–Trinajstić information content (AvgIpc) is 3.42. The molecule has 0 fully saturated rings. The molecule has 3 heterocycles. The monoisotopic (exact) mass is 519 g/mol. The molecule has 0 amide bonds. The summed E-state index contributed by atoms with van der Waals surface area (Å²) in [5.74, 6) is 0.399. The second-order valence-corrected chi connectivity index (χ2v) is 13.3. The minimum Gasteiger partial charge on any atom is -0.294 e. The third-order valence-corrected chi connectivity index (χ3v) is 9.10. The van der Waals surface area contributed by atoms with Crippen LogP contribution in [-0.4, -0.2) is 32.8 Å². The van der Waals surface area contributed by atoms with Gasteiger partial charge in [0.2, 0.25) is 0 Å². The van der Waals surface area contributed by atoms with E-state index in [2.05, 4.69) is 15.1 Å². The Kier molecular flexibility index (Phi) is 5.29. The van der Waals surface area contributed by atoms with Crippen molar-refractivity contribution < 1.29 is 26.3 Å². The Labute approximate surface area is 201 Å². The quantitative estimate of drug-likeness (QED) is 0.254. The van der Waals surface area contributed by atoms with Crippen LogP contribution in [0.25, 0.3) is 27.6 Å². The van der Waals surface area contributed by atoms with E-state index < -0.39 is 31.7 Å². The number of aromatic amines is 1. The van der Waals surface area contributed by atoms with E-state index in [1.54, 1.807) is 23.7 Å². The zero-order valence-electron chi connectivity index (χ0n) is 19.3. The molecule has 0 bridgehead atoms. The molecular weight excluding hydrogens is 500 g/mol. The van der Waals surface area contributed by atoms with Crippen LogP contribution in [0.1, 0.15) is 16.8 Å². The highest BCUT2D eigenvalue weighted by Gasteiger charge is 2.38. The first-order valence-electron chi connectivity index (χ1n) is 10.9. The van der Waals surface area contributed by atoms with Gasteiger partial charge in [-0.3, -0.25) is 9.67 Å². The van der Waals surface area contributed by atoms with Gasteiger partial charge in [0.15, 0.2) is 8.07 Å². The van der Waals surface area contributed by atoms with Gasteiger partial charge >= 0.3 is 12.4 Å². The van der Waals surface area contributed by atoms with Crippen molar-refractivity contribution in [3.05, 3.63) is 71.5 Å². The molecule has 0 radical (unpaired) electrons. The highest BCUT2D eigenvalue weighted by molar-refractivity contribution is 6.98. The summed E-state index contributed by atoms with van der Waals surface area (Å²) in [4.78, 5) is 9.03. The molecule has 3 aromatic heterocycles. The molecule has 12 heteroatoms. The average molecular weight is 520 g/mol. The SMILES string of the molecule is Cc1ccc2c(c1)c1cc(C(F)(F)F)ccc1n2-c1ccnc([Si](C)(C)c2cc(C(F)(F)F)[nH]n2)n1. The first-order valence-corrected chi connectivity index (χ1v) is 13.9. The number of halogens is 6. The van der Waals surface area contributed by atoms with Gasteiger partial charge in [-0.2, -0.15) is 31.4 Å². The van der Waals surface area contributed by atoms with E-state index >= 15 is 0 Å². The smallest absolute Gasteiger partial charge is 0.294 e. The molecule has 2 aromatic carbocycles. The minimum atomic E-state index is -4.56. The Morgan fingerprint density at radius 1 is 0.833 bits per heavy atom. The van der Waals surface area contributed by atoms with E-state index in [0.29, 0.717) is 33.1 Å². The van der Waals surface area contributed by atoms with Crippen LogP contribution in [0.3, 0.4) is 0 Å². The molecule has 5 rings (SSSR count). The third-order valence-electron chi connectivity index (χ3n) is 6.20. The fourth-order valence-corrected chi connectivity index (χ4v) is 6.10. The predicted molar refractivity (Wildman–Crippen MR) is 126 cm³/mol. The number of aromatic nitrogens is 5. The Balaban J connectivity index is 1.70. The van der Waals surface area contributed by atoms with Gasteiger partial charge in [-0.25, -0.2) is 9.97 Å². The number of nitrogens with one attached hydrogen (secondary N) is 1. The Morgan fingerprint density at radius 2 is 1.50 bits per heavy atom. The van der Waals surface area contributed by atoms with Gasteiger partial charge in [0.1, 0.15) is 17.0 Å². The minimum absolute atomic E-state index is 0.236. The van der Waals surface area contributed by atoms with Crippen LogP contribution in [0, 0.1) is 6.92 Å². The molecule has 0 aliphatic rings. The van der Waals surface area contributed by atoms with Crippen LogP contribution >= 0.6 is 0 Å².